The van der Waals surface area contributed by atoms with E-state index >= 15 is 0 Å². The van der Waals surface area contributed by atoms with Crippen molar-refractivity contribution < 1.29 is 9.53 Å². The van der Waals surface area contributed by atoms with Gasteiger partial charge in [0.15, 0.2) is 5.13 Å². The van der Waals surface area contributed by atoms with Crippen LogP contribution in [0.15, 0.2) is 35.8 Å². The molecule has 2 rings (SSSR count). The van der Waals surface area contributed by atoms with Crippen LogP contribution < -0.4 is 15.4 Å². The number of unbranched alkanes of at least 4 members (excludes halogenated alkanes) is 1. The predicted octanol–water partition coefficient (Wildman–Crippen LogP) is 3.54. The van der Waals surface area contributed by atoms with Crippen LogP contribution in [0.2, 0.25) is 0 Å². The lowest BCUT2D eigenvalue weighted by molar-refractivity contribution is 0.255. The molecule has 2 amide bonds. The second-order valence-electron chi connectivity index (χ2n) is 4.16. The number of anilines is 2. The Bertz CT molecular complexity index is 557. The smallest absolute Gasteiger partial charge is 0.325 e. The third-order valence-corrected chi connectivity index (χ3v) is 3.45. The topological polar surface area (TPSA) is 68.5 Å². The van der Waals surface area contributed by atoms with Gasteiger partial charge in [0.05, 0.1) is 12.3 Å². The van der Waals surface area contributed by atoms with Crippen molar-refractivity contribution in [2.24, 2.45) is 5.73 Å². The van der Waals surface area contributed by atoms with Gasteiger partial charge in [0, 0.05) is 11.6 Å². The van der Waals surface area contributed by atoms with Crippen LogP contribution in [0.1, 0.15) is 19.8 Å². The van der Waals surface area contributed by atoms with Gasteiger partial charge in [-0.1, -0.05) is 25.5 Å². The second-order valence-corrected chi connectivity index (χ2v) is 5.03. The van der Waals surface area contributed by atoms with Crippen molar-refractivity contribution in [2.75, 3.05) is 11.5 Å². The molecule has 1 aromatic heterocycles. The highest BCUT2D eigenvalue weighted by molar-refractivity contribution is 7.13. The molecule has 0 aliphatic heterocycles. The van der Waals surface area contributed by atoms with Crippen molar-refractivity contribution in [3.8, 4) is 5.75 Å². The zero-order valence-electron chi connectivity index (χ0n) is 11.3. The summed E-state index contributed by atoms with van der Waals surface area (Å²) >= 11 is 1.35. The summed E-state index contributed by atoms with van der Waals surface area (Å²) in [6.07, 6.45) is 3.65. The van der Waals surface area contributed by atoms with Crippen molar-refractivity contribution in [1.29, 1.82) is 0 Å². The number of hydrogen-bond acceptors (Lipinski definition) is 4. The molecule has 1 heterocycles. The number of carbonyl (C=O) groups excluding carboxylic acids is 1. The largest absolute Gasteiger partial charge is 0.491 e. The number of nitrogens with zero attached hydrogens (tertiary/aromatic N) is 2. The zero-order chi connectivity index (χ0) is 14.4. The molecular formula is C14H17N3O2S. The average Bonchev–Trinajstić information content (AvgIpc) is 2.94. The van der Waals surface area contributed by atoms with E-state index in [4.69, 9.17) is 10.5 Å². The maximum Gasteiger partial charge on any atom is 0.325 e. The molecule has 0 saturated carbocycles. The van der Waals surface area contributed by atoms with Crippen molar-refractivity contribution in [3.05, 3.63) is 35.8 Å². The molecule has 0 radical (unpaired) electrons. The zero-order valence-corrected chi connectivity index (χ0v) is 12.1. The number of nitrogens with two attached hydrogens (primary N) is 1. The summed E-state index contributed by atoms with van der Waals surface area (Å²) in [7, 11) is 0. The highest BCUT2D eigenvalue weighted by atomic mass is 32.1. The quantitative estimate of drug-likeness (QED) is 0.828. The van der Waals surface area contributed by atoms with Crippen LogP contribution in [0, 0.1) is 0 Å². The Morgan fingerprint density at radius 2 is 2.25 bits per heavy atom. The molecule has 2 N–H and O–H groups in total. The Morgan fingerprint density at radius 1 is 1.45 bits per heavy atom. The Morgan fingerprint density at radius 3 is 2.90 bits per heavy atom. The minimum Gasteiger partial charge on any atom is -0.491 e. The summed E-state index contributed by atoms with van der Waals surface area (Å²) in [5.74, 6) is 0.634. The molecule has 0 aliphatic carbocycles. The van der Waals surface area contributed by atoms with Crippen molar-refractivity contribution in [2.45, 2.75) is 19.8 Å². The van der Waals surface area contributed by atoms with E-state index in [0.717, 1.165) is 12.8 Å². The minimum atomic E-state index is -0.577. The number of primary amides is 1. The highest BCUT2D eigenvalue weighted by Crippen LogP contribution is 2.34. The summed E-state index contributed by atoms with van der Waals surface area (Å²) in [6.45, 7) is 2.71. The molecular weight excluding hydrogens is 274 g/mol. The lowest BCUT2D eigenvalue weighted by Crippen LogP contribution is -2.31. The number of hydrogen-bond donors (Lipinski definition) is 1. The Balaban J connectivity index is 2.31. The van der Waals surface area contributed by atoms with Crippen LogP contribution in [0.3, 0.4) is 0 Å². The second kappa shape index (κ2) is 6.91. The number of rotatable bonds is 6. The summed E-state index contributed by atoms with van der Waals surface area (Å²) in [5, 5.41) is 2.33. The van der Waals surface area contributed by atoms with Crippen molar-refractivity contribution in [1.82, 2.24) is 4.98 Å². The molecule has 0 fully saturated rings. The first-order chi connectivity index (χ1) is 9.74. The van der Waals surface area contributed by atoms with E-state index in [1.165, 1.54) is 16.2 Å². The molecule has 0 atom stereocenters. The number of carbonyl (C=O) groups is 1. The van der Waals surface area contributed by atoms with Crippen LogP contribution in [-0.2, 0) is 0 Å². The van der Waals surface area contributed by atoms with E-state index in [0.29, 0.717) is 23.2 Å². The Labute approximate surface area is 122 Å². The van der Waals surface area contributed by atoms with Gasteiger partial charge in [-0.2, -0.15) is 0 Å². The third kappa shape index (κ3) is 3.27. The molecule has 0 bridgehead atoms. The molecule has 2 aromatic rings. The Hall–Kier alpha value is -2.08. The number of para-hydroxylation sites is 2. The van der Waals surface area contributed by atoms with Crippen molar-refractivity contribution in [3.63, 3.8) is 0 Å². The first kappa shape index (κ1) is 14.3. The Kier molecular flexibility index (Phi) is 4.95. The van der Waals surface area contributed by atoms with Gasteiger partial charge >= 0.3 is 6.03 Å². The van der Waals surface area contributed by atoms with Crippen LogP contribution in [0.5, 0.6) is 5.75 Å². The number of aromatic nitrogens is 1. The summed E-state index contributed by atoms with van der Waals surface area (Å²) in [5.41, 5.74) is 6.10. The average molecular weight is 291 g/mol. The van der Waals surface area contributed by atoms with E-state index < -0.39 is 6.03 Å². The van der Waals surface area contributed by atoms with E-state index in [9.17, 15) is 4.79 Å². The molecule has 106 valence electrons. The van der Waals surface area contributed by atoms with Gasteiger partial charge in [-0.05, 0) is 18.6 Å². The van der Waals surface area contributed by atoms with E-state index in [-0.39, 0.29) is 0 Å². The van der Waals surface area contributed by atoms with Crippen LogP contribution in [-0.4, -0.2) is 17.6 Å². The van der Waals surface area contributed by atoms with Crippen molar-refractivity contribution >= 4 is 28.2 Å². The summed E-state index contributed by atoms with van der Waals surface area (Å²) in [6, 6.07) is 6.76. The maximum absolute atomic E-state index is 11.7. The fraction of sp³-hybridized carbons (Fsp3) is 0.286. The van der Waals surface area contributed by atoms with Gasteiger partial charge in [0.1, 0.15) is 5.75 Å². The fourth-order valence-electron chi connectivity index (χ4n) is 1.73. The number of benzene rings is 1. The molecule has 0 unspecified atom stereocenters. The molecule has 5 nitrogen and oxygen atoms in total. The number of urea groups is 1. The molecule has 1 aromatic carbocycles. The molecule has 20 heavy (non-hydrogen) atoms. The SMILES string of the molecule is CCCCOc1ccccc1N(C(N)=O)c1nccs1. The number of ether oxygens (including phenoxy) is 1. The standard InChI is InChI=1S/C14H17N3O2S/c1-2-3-9-19-12-7-5-4-6-11(12)17(13(15)18)14-16-8-10-20-14/h4-8,10H,2-3,9H2,1H3,(H2,15,18). The third-order valence-electron chi connectivity index (χ3n) is 2.69. The van der Waals surface area contributed by atoms with E-state index in [1.807, 2.05) is 18.2 Å². The van der Waals surface area contributed by atoms with Gasteiger partial charge in [-0.15, -0.1) is 11.3 Å². The fourth-order valence-corrected chi connectivity index (χ4v) is 2.39. The van der Waals surface area contributed by atoms with Gasteiger partial charge in [-0.25, -0.2) is 14.7 Å². The molecule has 0 saturated heterocycles. The summed E-state index contributed by atoms with van der Waals surface area (Å²) in [4.78, 5) is 17.2. The minimum absolute atomic E-state index is 0.532. The lowest BCUT2D eigenvalue weighted by atomic mass is 10.2. The first-order valence-corrected chi connectivity index (χ1v) is 7.33. The van der Waals surface area contributed by atoms with Gasteiger partial charge in [-0.3, -0.25) is 0 Å². The van der Waals surface area contributed by atoms with Crippen LogP contribution in [0.4, 0.5) is 15.6 Å². The normalized spacial score (nSPS) is 10.2. The lowest BCUT2D eigenvalue weighted by Gasteiger charge is -2.20. The van der Waals surface area contributed by atoms with Crippen LogP contribution in [0.25, 0.3) is 0 Å². The molecule has 0 aliphatic rings. The number of thiazole rings is 1. The van der Waals surface area contributed by atoms with Gasteiger partial charge in [0.2, 0.25) is 0 Å². The van der Waals surface area contributed by atoms with Gasteiger partial charge in [0.25, 0.3) is 0 Å². The predicted molar refractivity (Wildman–Crippen MR) is 80.7 cm³/mol. The first-order valence-electron chi connectivity index (χ1n) is 6.45. The monoisotopic (exact) mass is 291 g/mol. The maximum atomic E-state index is 11.7. The summed E-state index contributed by atoms with van der Waals surface area (Å²) < 4.78 is 5.73. The number of amides is 2. The van der Waals surface area contributed by atoms with E-state index in [1.54, 1.807) is 17.6 Å². The van der Waals surface area contributed by atoms with Crippen LogP contribution >= 0.6 is 11.3 Å². The molecule has 6 heteroatoms. The highest BCUT2D eigenvalue weighted by Gasteiger charge is 2.20. The molecule has 0 spiro atoms. The van der Waals surface area contributed by atoms with Gasteiger partial charge < -0.3 is 10.5 Å². The van der Waals surface area contributed by atoms with E-state index in [2.05, 4.69) is 11.9 Å².